The van der Waals surface area contributed by atoms with Crippen molar-refractivity contribution in [1.29, 1.82) is 0 Å². The minimum absolute atomic E-state index is 0.0764. The van der Waals surface area contributed by atoms with Crippen molar-refractivity contribution in [3.05, 3.63) is 0 Å². The lowest BCUT2D eigenvalue weighted by molar-refractivity contribution is -0.125. The van der Waals surface area contributed by atoms with Gasteiger partial charge < -0.3 is 5.32 Å². The van der Waals surface area contributed by atoms with Gasteiger partial charge >= 0.3 is 0 Å². The van der Waals surface area contributed by atoms with Crippen LogP contribution in [0.15, 0.2) is 0 Å². The lowest BCUT2D eigenvalue weighted by Crippen LogP contribution is -2.37. The standard InChI is InChI=1S/C16H30ClNO/c1-3-13(4-2)15(17)12-18-16(19)14-10-8-6-5-7-9-11-14/h13-15H,3-12H2,1-2H3,(H,18,19). The van der Waals surface area contributed by atoms with Gasteiger partial charge in [-0.3, -0.25) is 4.79 Å². The molecule has 112 valence electrons. The van der Waals surface area contributed by atoms with Gasteiger partial charge in [0.05, 0.1) is 5.38 Å². The molecule has 0 radical (unpaired) electrons. The van der Waals surface area contributed by atoms with E-state index < -0.39 is 0 Å². The summed E-state index contributed by atoms with van der Waals surface area (Å²) in [6.07, 6.45) is 10.6. The van der Waals surface area contributed by atoms with Gasteiger partial charge in [-0.15, -0.1) is 11.6 Å². The molecular formula is C16H30ClNO. The first-order valence-electron chi connectivity index (χ1n) is 8.10. The van der Waals surface area contributed by atoms with Crippen LogP contribution in [-0.2, 0) is 4.79 Å². The first kappa shape index (κ1) is 16.8. The Hall–Kier alpha value is -0.240. The van der Waals surface area contributed by atoms with Crippen LogP contribution in [0.5, 0.6) is 0 Å². The molecular weight excluding hydrogens is 258 g/mol. The van der Waals surface area contributed by atoms with Crippen LogP contribution >= 0.6 is 11.6 Å². The van der Waals surface area contributed by atoms with Crippen LogP contribution in [0.4, 0.5) is 0 Å². The maximum atomic E-state index is 12.2. The Bertz CT molecular complexity index is 245. The highest BCUT2D eigenvalue weighted by Crippen LogP contribution is 2.23. The van der Waals surface area contributed by atoms with E-state index in [1.165, 1.54) is 32.1 Å². The van der Waals surface area contributed by atoms with Crippen molar-refractivity contribution >= 4 is 17.5 Å². The van der Waals surface area contributed by atoms with Crippen molar-refractivity contribution in [3.8, 4) is 0 Å². The molecule has 0 saturated heterocycles. The van der Waals surface area contributed by atoms with E-state index in [1.54, 1.807) is 0 Å². The van der Waals surface area contributed by atoms with E-state index in [0.717, 1.165) is 25.7 Å². The molecule has 3 heteroatoms. The molecule has 0 heterocycles. The molecule has 0 aromatic carbocycles. The van der Waals surface area contributed by atoms with E-state index in [4.69, 9.17) is 11.6 Å². The molecule has 1 amide bonds. The lowest BCUT2D eigenvalue weighted by atomic mass is 9.90. The van der Waals surface area contributed by atoms with Crippen LogP contribution in [0.1, 0.15) is 71.6 Å². The Balaban J connectivity index is 2.32. The quantitative estimate of drug-likeness (QED) is 0.716. The zero-order valence-electron chi connectivity index (χ0n) is 12.6. The van der Waals surface area contributed by atoms with E-state index in [9.17, 15) is 4.79 Å². The number of carbonyl (C=O) groups is 1. The van der Waals surface area contributed by atoms with Gasteiger partial charge in [0.2, 0.25) is 5.91 Å². The van der Waals surface area contributed by atoms with Gasteiger partial charge in [0, 0.05) is 12.5 Å². The summed E-state index contributed by atoms with van der Waals surface area (Å²) in [4.78, 5) is 12.2. The van der Waals surface area contributed by atoms with Gasteiger partial charge in [0.1, 0.15) is 0 Å². The van der Waals surface area contributed by atoms with Crippen LogP contribution in [0, 0.1) is 11.8 Å². The van der Waals surface area contributed by atoms with Gasteiger partial charge in [-0.25, -0.2) is 0 Å². The highest BCUT2D eigenvalue weighted by Gasteiger charge is 2.21. The number of hydrogen-bond acceptors (Lipinski definition) is 1. The molecule has 1 N–H and O–H groups in total. The molecule has 1 aliphatic carbocycles. The normalized spacial score (nSPS) is 19.8. The molecule has 2 nitrogen and oxygen atoms in total. The van der Waals surface area contributed by atoms with Crippen molar-refractivity contribution in [1.82, 2.24) is 5.32 Å². The molecule has 1 unspecified atom stereocenters. The van der Waals surface area contributed by atoms with Crippen molar-refractivity contribution < 1.29 is 4.79 Å². The predicted molar refractivity (Wildman–Crippen MR) is 82.5 cm³/mol. The van der Waals surface area contributed by atoms with Crippen LogP contribution in [-0.4, -0.2) is 17.8 Å². The van der Waals surface area contributed by atoms with Gasteiger partial charge in [-0.1, -0.05) is 58.8 Å². The highest BCUT2D eigenvalue weighted by molar-refractivity contribution is 6.21. The fourth-order valence-electron chi connectivity index (χ4n) is 3.03. The summed E-state index contributed by atoms with van der Waals surface area (Å²) >= 11 is 6.37. The number of amides is 1. The van der Waals surface area contributed by atoms with E-state index in [1.807, 2.05) is 0 Å². The molecule has 0 aromatic rings. The largest absolute Gasteiger partial charge is 0.354 e. The molecule has 1 rings (SSSR count). The summed E-state index contributed by atoms with van der Waals surface area (Å²) in [5.41, 5.74) is 0. The second kappa shape index (κ2) is 9.63. The van der Waals surface area contributed by atoms with E-state index in [-0.39, 0.29) is 17.2 Å². The fraction of sp³-hybridized carbons (Fsp3) is 0.938. The third kappa shape index (κ3) is 6.16. The smallest absolute Gasteiger partial charge is 0.223 e. The zero-order valence-corrected chi connectivity index (χ0v) is 13.3. The Morgan fingerprint density at radius 2 is 1.63 bits per heavy atom. The lowest BCUT2D eigenvalue weighted by Gasteiger charge is -2.22. The maximum absolute atomic E-state index is 12.2. The number of halogens is 1. The molecule has 0 aromatic heterocycles. The molecule has 19 heavy (non-hydrogen) atoms. The van der Waals surface area contributed by atoms with Crippen LogP contribution in [0.25, 0.3) is 0 Å². The average molecular weight is 288 g/mol. The molecule has 1 fully saturated rings. The second-order valence-corrected chi connectivity index (χ2v) is 6.44. The molecule has 0 spiro atoms. The number of nitrogens with one attached hydrogen (secondary N) is 1. The van der Waals surface area contributed by atoms with Crippen molar-refractivity contribution in [2.24, 2.45) is 11.8 Å². The molecule has 1 aliphatic rings. The van der Waals surface area contributed by atoms with Crippen molar-refractivity contribution in [2.75, 3.05) is 6.54 Å². The zero-order chi connectivity index (χ0) is 14.1. The highest BCUT2D eigenvalue weighted by atomic mass is 35.5. The van der Waals surface area contributed by atoms with E-state index >= 15 is 0 Å². The fourth-order valence-corrected chi connectivity index (χ4v) is 3.46. The van der Waals surface area contributed by atoms with Crippen LogP contribution in [0.2, 0.25) is 0 Å². The monoisotopic (exact) mass is 287 g/mol. The van der Waals surface area contributed by atoms with Gasteiger partial charge in [-0.2, -0.15) is 0 Å². The predicted octanol–water partition coefficient (Wildman–Crippen LogP) is 4.51. The summed E-state index contributed by atoms with van der Waals surface area (Å²) < 4.78 is 0. The Labute approximate surface area is 123 Å². The van der Waals surface area contributed by atoms with Crippen LogP contribution < -0.4 is 5.32 Å². The van der Waals surface area contributed by atoms with E-state index in [0.29, 0.717) is 12.5 Å². The number of carbonyl (C=O) groups excluding carboxylic acids is 1. The summed E-state index contributed by atoms with van der Waals surface area (Å²) in [6, 6.07) is 0. The Morgan fingerprint density at radius 3 is 2.16 bits per heavy atom. The maximum Gasteiger partial charge on any atom is 0.223 e. The minimum Gasteiger partial charge on any atom is -0.354 e. The number of rotatable bonds is 6. The first-order valence-corrected chi connectivity index (χ1v) is 8.54. The molecule has 1 atom stereocenters. The summed E-state index contributed by atoms with van der Waals surface area (Å²) in [5.74, 6) is 0.976. The number of alkyl halides is 1. The first-order chi connectivity index (χ1) is 9.19. The summed E-state index contributed by atoms with van der Waals surface area (Å²) in [5, 5.41) is 3.15. The molecule has 1 saturated carbocycles. The Kier molecular flexibility index (Phi) is 8.52. The summed E-state index contributed by atoms with van der Waals surface area (Å²) in [7, 11) is 0. The second-order valence-electron chi connectivity index (χ2n) is 5.88. The van der Waals surface area contributed by atoms with Gasteiger partial charge in [0.15, 0.2) is 0 Å². The SMILES string of the molecule is CCC(CC)C(Cl)CNC(=O)C1CCCCCCC1. The van der Waals surface area contributed by atoms with Crippen LogP contribution in [0.3, 0.4) is 0 Å². The molecule has 0 aliphatic heterocycles. The van der Waals surface area contributed by atoms with Crippen molar-refractivity contribution in [3.63, 3.8) is 0 Å². The summed E-state index contributed by atoms with van der Waals surface area (Å²) in [6.45, 7) is 4.96. The molecule has 0 bridgehead atoms. The van der Waals surface area contributed by atoms with Crippen molar-refractivity contribution in [2.45, 2.75) is 77.0 Å². The minimum atomic E-state index is 0.0764. The topological polar surface area (TPSA) is 29.1 Å². The third-order valence-corrected chi connectivity index (χ3v) is 5.02. The van der Waals surface area contributed by atoms with E-state index in [2.05, 4.69) is 19.2 Å². The van der Waals surface area contributed by atoms with Gasteiger partial charge in [0.25, 0.3) is 0 Å². The number of hydrogen-bond donors (Lipinski definition) is 1. The Morgan fingerprint density at radius 1 is 1.11 bits per heavy atom. The van der Waals surface area contributed by atoms with Gasteiger partial charge in [-0.05, 0) is 18.8 Å². The average Bonchev–Trinajstić information content (AvgIpc) is 2.37. The third-order valence-electron chi connectivity index (χ3n) is 4.51.